The first kappa shape index (κ1) is 15.3. The number of hydrogen-bond donors (Lipinski definition) is 2. The van der Waals surface area contributed by atoms with Crippen molar-refractivity contribution in [2.45, 2.75) is 20.3 Å². The van der Waals surface area contributed by atoms with Crippen LogP contribution in [0.15, 0.2) is 24.3 Å². The van der Waals surface area contributed by atoms with E-state index in [0.29, 0.717) is 19.1 Å². The summed E-state index contributed by atoms with van der Waals surface area (Å²) in [6.45, 7) is 5.18. The fourth-order valence-corrected chi connectivity index (χ4v) is 2.24. The zero-order valence-electron chi connectivity index (χ0n) is 12.3. The number of carbonyl (C=O) groups excluding carboxylic acids is 2. The Morgan fingerprint density at radius 2 is 2.10 bits per heavy atom. The van der Waals surface area contributed by atoms with Gasteiger partial charge in [-0.1, -0.05) is 13.8 Å². The number of nitrogens with zero attached hydrogens (tertiary/aromatic N) is 1. The Bertz CT molecular complexity index is 513. The molecule has 2 amide bonds. The van der Waals surface area contributed by atoms with Crippen molar-refractivity contribution < 1.29 is 14.3 Å². The highest BCUT2D eigenvalue weighted by Crippen LogP contribution is 2.27. The van der Waals surface area contributed by atoms with Crippen LogP contribution < -0.4 is 20.9 Å². The summed E-state index contributed by atoms with van der Waals surface area (Å²) in [4.78, 5) is 25.1. The number of hydrogen-bond acceptors (Lipinski definition) is 4. The van der Waals surface area contributed by atoms with Crippen LogP contribution in [0.3, 0.4) is 0 Å². The Kier molecular flexibility index (Phi) is 4.80. The largest absolute Gasteiger partial charge is 0.493 e. The van der Waals surface area contributed by atoms with Crippen LogP contribution in [0, 0.1) is 11.8 Å². The number of nitrogens with two attached hydrogens (primary N) is 1. The van der Waals surface area contributed by atoms with Crippen LogP contribution in [-0.2, 0) is 9.59 Å². The molecule has 21 heavy (non-hydrogen) atoms. The Balaban J connectivity index is 2.02. The van der Waals surface area contributed by atoms with E-state index in [1.807, 2.05) is 24.3 Å². The molecule has 1 saturated heterocycles. The molecule has 0 aromatic heterocycles. The summed E-state index contributed by atoms with van der Waals surface area (Å²) in [6.07, 6.45) is 0.189. The van der Waals surface area contributed by atoms with Gasteiger partial charge < -0.3 is 9.64 Å². The van der Waals surface area contributed by atoms with Crippen molar-refractivity contribution in [3.8, 4) is 5.75 Å². The molecule has 1 unspecified atom stereocenters. The summed E-state index contributed by atoms with van der Waals surface area (Å²) in [5.74, 6) is 5.58. The van der Waals surface area contributed by atoms with Gasteiger partial charge >= 0.3 is 0 Å². The van der Waals surface area contributed by atoms with E-state index < -0.39 is 0 Å². The fourth-order valence-electron chi connectivity index (χ4n) is 2.24. The number of benzene rings is 1. The maximum Gasteiger partial charge on any atom is 0.239 e. The first-order valence-corrected chi connectivity index (χ1v) is 7.05. The normalized spacial score (nSPS) is 18.2. The van der Waals surface area contributed by atoms with Gasteiger partial charge in [0.1, 0.15) is 5.75 Å². The van der Waals surface area contributed by atoms with Crippen LogP contribution >= 0.6 is 0 Å². The monoisotopic (exact) mass is 291 g/mol. The van der Waals surface area contributed by atoms with Gasteiger partial charge in [-0.25, -0.2) is 5.84 Å². The van der Waals surface area contributed by atoms with Gasteiger partial charge in [-0.05, 0) is 30.2 Å². The molecule has 0 bridgehead atoms. The third-order valence-corrected chi connectivity index (χ3v) is 3.37. The summed E-state index contributed by atoms with van der Waals surface area (Å²) < 4.78 is 5.60. The van der Waals surface area contributed by atoms with Gasteiger partial charge in [0.25, 0.3) is 0 Å². The van der Waals surface area contributed by atoms with Gasteiger partial charge in [0.15, 0.2) is 0 Å². The Labute approximate surface area is 124 Å². The maximum atomic E-state index is 12.0. The number of ether oxygens (including phenoxy) is 1. The van der Waals surface area contributed by atoms with Crippen molar-refractivity contribution in [3.05, 3.63) is 24.3 Å². The van der Waals surface area contributed by atoms with Crippen molar-refractivity contribution in [3.63, 3.8) is 0 Å². The molecule has 1 heterocycles. The summed E-state index contributed by atoms with van der Waals surface area (Å²) in [5, 5.41) is 0. The van der Waals surface area contributed by atoms with Crippen LogP contribution in [0.1, 0.15) is 20.3 Å². The number of anilines is 1. The SMILES string of the molecule is CC(C)COc1ccc(N2CC(C(=O)NN)CC2=O)cc1. The highest BCUT2D eigenvalue weighted by Gasteiger charge is 2.34. The zero-order valence-corrected chi connectivity index (χ0v) is 12.3. The van der Waals surface area contributed by atoms with Crippen molar-refractivity contribution in [2.24, 2.45) is 17.7 Å². The quantitative estimate of drug-likeness (QED) is 0.483. The van der Waals surface area contributed by atoms with Gasteiger partial charge in [0.05, 0.1) is 12.5 Å². The molecule has 1 aliphatic rings. The minimum atomic E-state index is -0.389. The molecule has 114 valence electrons. The van der Waals surface area contributed by atoms with Gasteiger partial charge in [-0.2, -0.15) is 0 Å². The molecule has 1 aliphatic heterocycles. The number of carbonyl (C=O) groups is 2. The van der Waals surface area contributed by atoms with E-state index in [1.165, 1.54) is 0 Å². The molecule has 0 spiro atoms. The van der Waals surface area contributed by atoms with E-state index in [9.17, 15) is 9.59 Å². The van der Waals surface area contributed by atoms with Gasteiger partial charge in [-0.3, -0.25) is 15.0 Å². The molecule has 0 saturated carbocycles. The molecule has 6 heteroatoms. The van der Waals surface area contributed by atoms with Crippen LogP contribution in [0.25, 0.3) is 0 Å². The number of amides is 2. The molecule has 1 aromatic rings. The molecule has 1 atom stereocenters. The summed E-state index contributed by atoms with van der Waals surface area (Å²) in [6, 6.07) is 7.33. The lowest BCUT2D eigenvalue weighted by molar-refractivity contribution is -0.126. The topological polar surface area (TPSA) is 84.7 Å². The zero-order chi connectivity index (χ0) is 15.4. The summed E-state index contributed by atoms with van der Waals surface area (Å²) in [7, 11) is 0. The van der Waals surface area contributed by atoms with E-state index in [1.54, 1.807) is 4.90 Å². The van der Waals surface area contributed by atoms with E-state index in [4.69, 9.17) is 10.6 Å². The van der Waals surface area contributed by atoms with Crippen molar-refractivity contribution in [1.29, 1.82) is 0 Å². The van der Waals surface area contributed by atoms with Crippen LogP contribution in [0.5, 0.6) is 5.75 Å². The number of rotatable bonds is 5. The third kappa shape index (κ3) is 3.72. The fraction of sp³-hybridized carbons (Fsp3) is 0.467. The standard InChI is InChI=1S/C15H21N3O3/c1-10(2)9-21-13-5-3-12(4-6-13)18-8-11(7-14(18)19)15(20)17-16/h3-6,10-11H,7-9,16H2,1-2H3,(H,17,20). The molecule has 3 N–H and O–H groups in total. The lowest BCUT2D eigenvalue weighted by Crippen LogP contribution is -2.37. The summed E-state index contributed by atoms with van der Waals surface area (Å²) in [5.41, 5.74) is 2.87. The Morgan fingerprint density at radius 1 is 1.43 bits per heavy atom. The van der Waals surface area contributed by atoms with Crippen molar-refractivity contribution in [1.82, 2.24) is 5.43 Å². The number of hydrazine groups is 1. The molecule has 1 fully saturated rings. The van der Waals surface area contributed by atoms with E-state index >= 15 is 0 Å². The number of nitrogens with one attached hydrogen (secondary N) is 1. The van der Waals surface area contributed by atoms with E-state index in [0.717, 1.165) is 11.4 Å². The molecule has 1 aromatic carbocycles. The second-order valence-electron chi connectivity index (χ2n) is 5.61. The molecule has 0 aliphatic carbocycles. The maximum absolute atomic E-state index is 12.0. The Hall–Kier alpha value is -2.08. The van der Waals surface area contributed by atoms with E-state index in [-0.39, 0.29) is 24.2 Å². The molecule has 6 nitrogen and oxygen atoms in total. The summed E-state index contributed by atoms with van der Waals surface area (Å²) >= 11 is 0. The van der Waals surface area contributed by atoms with Crippen LogP contribution in [0.4, 0.5) is 5.69 Å². The van der Waals surface area contributed by atoms with Gasteiger partial charge in [0, 0.05) is 18.7 Å². The molecular formula is C15H21N3O3. The molecular weight excluding hydrogens is 270 g/mol. The van der Waals surface area contributed by atoms with Crippen molar-refractivity contribution >= 4 is 17.5 Å². The third-order valence-electron chi connectivity index (χ3n) is 3.37. The Morgan fingerprint density at radius 3 is 2.67 bits per heavy atom. The highest BCUT2D eigenvalue weighted by molar-refractivity contribution is 6.00. The second kappa shape index (κ2) is 6.58. The van der Waals surface area contributed by atoms with E-state index in [2.05, 4.69) is 19.3 Å². The average molecular weight is 291 g/mol. The van der Waals surface area contributed by atoms with Crippen LogP contribution in [0.2, 0.25) is 0 Å². The van der Waals surface area contributed by atoms with Gasteiger partial charge in [-0.15, -0.1) is 0 Å². The first-order valence-electron chi connectivity index (χ1n) is 7.05. The molecule has 0 radical (unpaired) electrons. The van der Waals surface area contributed by atoms with Gasteiger partial charge in [0.2, 0.25) is 11.8 Å². The minimum absolute atomic E-state index is 0.0700. The van der Waals surface area contributed by atoms with Crippen LogP contribution in [-0.4, -0.2) is 25.0 Å². The highest BCUT2D eigenvalue weighted by atomic mass is 16.5. The average Bonchev–Trinajstić information content (AvgIpc) is 2.87. The van der Waals surface area contributed by atoms with Crippen molar-refractivity contribution in [2.75, 3.05) is 18.1 Å². The predicted molar refractivity (Wildman–Crippen MR) is 79.6 cm³/mol. The smallest absolute Gasteiger partial charge is 0.239 e. The lowest BCUT2D eigenvalue weighted by atomic mass is 10.1. The first-order chi connectivity index (χ1) is 10.0. The lowest BCUT2D eigenvalue weighted by Gasteiger charge is -2.17. The predicted octanol–water partition coefficient (Wildman–Crippen LogP) is 1.06. The minimum Gasteiger partial charge on any atom is -0.493 e. The second-order valence-corrected chi connectivity index (χ2v) is 5.61. The molecule has 2 rings (SSSR count).